The average Bonchev–Trinajstić information content (AvgIpc) is 2.44. The number of epoxide rings is 1. The molecule has 0 saturated carbocycles. The highest BCUT2D eigenvalue weighted by atomic mass is 19.4. The first-order valence-electron chi connectivity index (χ1n) is 3.07. The highest BCUT2D eigenvalue weighted by Gasteiger charge is 2.37. The van der Waals surface area contributed by atoms with Crippen molar-refractivity contribution in [1.82, 2.24) is 0 Å². The summed E-state index contributed by atoms with van der Waals surface area (Å²) in [4.78, 5) is 0. The van der Waals surface area contributed by atoms with Crippen LogP contribution in [-0.4, -0.2) is 6.18 Å². The molecule has 1 rings (SSSR count). The summed E-state index contributed by atoms with van der Waals surface area (Å²) in [7, 11) is 0. The Balaban J connectivity index is 2.57. The van der Waals surface area contributed by atoms with Gasteiger partial charge in [0, 0.05) is 0 Å². The molecule has 1 aliphatic heterocycles. The van der Waals surface area contributed by atoms with E-state index in [4.69, 9.17) is 0 Å². The number of allylic oxidation sites excluding steroid dienone is 1. The SMILES string of the molecule is C=C1O/C1=C/C(C)C(F)(F)F. The van der Waals surface area contributed by atoms with Crippen molar-refractivity contribution in [2.75, 3.05) is 0 Å². The zero-order chi connectivity index (χ0) is 8.65. The van der Waals surface area contributed by atoms with Crippen LogP contribution in [0, 0.1) is 5.92 Å². The Morgan fingerprint density at radius 1 is 1.55 bits per heavy atom. The molecule has 1 unspecified atom stereocenters. The highest BCUT2D eigenvalue weighted by Crippen LogP contribution is 2.35. The van der Waals surface area contributed by atoms with E-state index in [0.717, 1.165) is 13.0 Å². The number of hydrogen-bond donors (Lipinski definition) is 0. The van der Waals surface area contributed by atoms with E-state index in [0.29, 0.717) is 5.76 Å². The van der Waals surface area contributed by atoms with E-state index < -0.39 is 12.1 Å². The maximum atomic E-state index is 11.8. The molecule has 62 valence electrons. The molecule has 0 aliphatic carbocycles. The molecule has 0 aromatic carbocycles. The lowest BCUT2D eigenvalue weighted by atomic mass is 10.1. The summed E-state index contributed by atoms with van der Waals surface area (Å²) in [5.41, 5.74) is 0. The van der Waals surface area contributed by atoms with E-state index in [1.165, 1.54) is 0 Å². The van der Waals surface area contributed by atoms with Gasteiger partial charge in [-0.1, -0.05) is 13.5 Å². The minimum absolute atomic E-state index is 0.259. The molecule has 1 heterocycles. The molecule has 0 N–H and O–H groups in total. The molecule has 0 aromatic heterocycles. The van der Waals surface area contributed by atoms with E-state index in [1.54, 1.807) is 0 Å². The molecule has 11 heavy (non-hydrogen) atoms. The van der Waals surface area contributed by atoms with Crippen LogP contribution in [0.3, 0.4) is 0 Å². The smallest absolute Gasteiger partial charge is 0.395 e. The Morgan fingerprint density at radius 2 is 2.00 bits per heavy atom. The van der Waals surface area contributed by atoms with E-state index in [2.05, 4.69) is 11.3 Å². The van der Waals surface area contributed by atoms with Crippen molar-refractivity contribution in [2.45, 2.75) is 13.1 Å². The van der Waals surface area contributed by atoms with Gasteiger partial charge in [0.15, 0.2) is 11.5 Å². The second-order valence-electron chi connectivity index (χ2n) is 2.39. The number of halogens is 3. The fraction of sp³-hybridized carbons (Fsp3) is 0.429. The molecule has 0 spiro atoms. The molecule has 0 bridgehead atoms. The Morgan fingerprint density at radius 3 is 2.27 bits per heavy atom. The molecular weight excluding hydrogens is 157 g/mol. The predicted molar refractivity (Wildman–Crippen MR) is 33.5 cm³/mol. The molecule has 1 nitrogen and oxygen atoms in total. The van der Waals surface area contributed by atoms with Gasteiger partial charge in [0.1, 0.15) is 0 Å². The van der Waals surface area contributed by atoms with E-state index >= 15 is 0 Å². The van der Waals surface area contributed by atoms with Gasteiger partial charge < -0.3 is 4.74 Å². The molecule has 1 saturated heterocycles. The maximum Gasteiger partial charge on any atom is 0.395 e. The highest BCUT2D eigenvalue weighted by molar-refractivity contribution is 5.32. The van der Waals surface area contributed by atoms with Crippen LogP contribution in [-0.2, 0) is 4.74 Å². The molecule has 1 aliphatic rings. The van der Waals surface area contributed by atoms with Crippen molar-refractivity contribution in [3.8, 4) is 0 Å². The quantitative estimate of drug-likeness (QED) is 0.542. The van der Waals surface area contributed by atoms with Crippen LogP contribution in [0.15, 0.2) is 24.2 Å². The molecule has 1 fully saturated rings. The molecule has 1 atom stereocenters. The van der Waals surface area contributed by atoms with E-state index in [-0.39, 0.29) is 5.76 Å². The first-order chi connectivity index (χ1) is 4.91. The first-order valence-corrected chi connectivity index (χ1v) is 3.07. The minimum atomic E-state index is -4.18. The minimum Gasteiger partial charge on any atom is -0.451 e. The number of alkyl halides is 3. The third-order valence-electron chi connectivity index (χ3n) is 1.38. The second-order valence-corrected chi connectivity index (χ2v) is 2.39. The number of hydrogen-bond acceptors (Lipinski definition) is 1. The van der Waals surface area contributed by atoms with Crippen molar-refractivity contribution in [2.24, 2.45) is 5.92 Å². The van der Waals surface area contributed by atoms with Crippen molar-refractivity contribution >= 4 is 0 Å². The fourth-order valence-corrected chi connectivity index (χ4v) is 0.556. The van der Waals surface area contributed by atoms with Gasteiger partial charge in [0.2, 0.25) is 0 Å². The summed E-state index contributed by atoms with van der Waals surface area (Å²) in [5.74, 6) is -0.868. The monoisotopic (exact) mass is 164 g/mol. The zero-order valence-electron chi connectivity index (χ0n) is 5.90. The predicted octanol–water partition coefficient (Wildman–Crippen LogP) is 2.61. The van der Waals surface area contributed by atoms with Gasteiger partial charge in [0.05, 0.1) is 5.92 Å². The van der Waals surface area contributed by atoms with Crippen molar-refractivity contribution < 1.29 is 17.9 Å². The van der Waals surface area contributed by atoms with Crippen molar-refractivity contribution in [3.05, 3.63) is 24.2 Å². The van der Waals surface area contributed by atoms with Crippen LogP contribution in [0.1, 0.15) is 6.92 Å². The van der Waals surface area contributed by atoms with Crippen LogP contribution < -0.4 is 0 Å². The lowest BCUT2D eigenvalue weighted by Gasteiger charge is -2.09. The first kappa shape index (κ1) is 8.17. The lowest BCUT2D eigenvalue weighted by Crippen LogP contribution is -2.17. The van der Waals surface area contributed by atoms with Crippen molar-refractivity contribution in [1.29, 1.82) is 0 Å². The Bertz CT molecular complexity index is 214. The summed E-state index contributed by atoms with van der Waals surface area (Å²) in [6.45, 7) is 4.40. The van der Waals surface area contributed by atoms with Crippen LogP contribution in [0.25, 0.3) is 0 Å². The molecule has 0 amide bonds. The summed E-state index contributed by atoms with van der Waals surface area (Å²) in [6.07, 6.45) is -3.17. The fourth-order valence-electron chi connectivity index (χ4n) is 0.556. The lowest BCUT2D eigenvalue weighted by molar-refractivity contribution is -0.156. The standard InChI is InChI=1S/C7H7F3O/c1-4(7(8,9)10)3-6-5(2)11-6/h3-4H,2H2,1H3/b6-3+. The van der Waals surface area contributed by atoms with Crippen LogP contribution in [0.5, 0.6) is 0 Å². The summed E-state index contributed by atoms with van der Waals surface area (Å²) in [5, 5.41) is 0. The zero-order valence-corrected chi connectivity index (χ0v) is 5.90. The summed E-state index contributed by atoms with van der Waals surface area (Å²) in [6, 6.07) is 0. The van der Waals surface area contributed by atoms with Gasteiger partial charge >= 0.3 is 6.18 Å². The van der Waals surface area contributed by atoms with Crippen LogP contribution in [0.2, 0.25) is 0 Å². The molecule has 0 radical (unpaired) electrons. The molecular formula is C7H7F3O. The van der Waals surface area contributed by atoms with Gasteiger partial charge in [0.25, 0.3) is 0 Å². The maximum absolute atomic E-state index is 11.8. The molecule has 0 aromatic rings. The summed E-state index contributed by atoms with van der Waals surface area (Å²) >= 11 is 0. The summed E-state index contributed by atoms with van der Waals surface area (Å²) < 4.78 is 40.1. The normalized spacial score (nSPS) is 23.3. The third kappa shape index (κ3) is 2.00. The van der Waals surface area contributed by atoms with Gasteiger partial charge in [-0.05, 0) is 6.08 Å². The number of rotatable bonds is 1. The van der Waals surface area contributed by atoms with Gasteiger partial charge in [-0.15, -0.1) is 0 Å². The van der Waals surface area contributed by atoms with Crippen molar-refractivity contribution in [3.63, 3.8) is 0 Å². The van der Waals surface area contributed by atoms with Gasteiger partial charge in [-0.2, -0.15) is 13.2 Å². The number of ether oxygens (including phenoxy) is 1. The Kier molecular flexibility index (Phi) is 1.70. The van der Waals surface area contributed by atoms with Crippen LogP contribution >= 0.6 is 0 Å². The van der Waals surface area contributed by atoms with E-state index in [1.807, 2.05) is 0 Å². The second kappa shape index (κ2) is 2.29. The van der Waals surface area contributed by atoms with Crippen LogP contribution in [0.4, 0.5) is 13.2 Å². The Labute approximate surface area is 62.2 Å². The molecule has 4 heteroatoms. The third-order valence-corrected chi connectivity index (χ3v) is 1.38. The topological polar surface area (TPSA) is 12.5 Å². The van der Waals surface area contributed by atoms with E-state index in [9.17, 15) is 13.2 Å². The van der Waals surface area contributed by atoms with Gasteiger partial charge in [-0.3, -0.25) is 0 Å². The van der Waals surface area contributed by atoms with Gasteiger partial charge in [-0.25, -0.2) is 0 Å². The largest absolute Gasteiger partial charge is 0.451 e. The average molecular weight is 164 g/mol. The Hall–Kier alpha value is -0.930.